The second-order valence-electron chi connectivity index (χ2n) is 6.87. The lowest BCUT2D eigenvalue weighted by molar-refractivity contribution is 0.0942. The van der Waals surface area contributed by atoms with Crippen molar-refractivity contribution < 1.29 is 9.21 Å². The van der Waals surface area contributed by atoms with Crippen LogP contribution in [0.25, 0.3) is 11.0 Å². The Morgan fingerprint density at radius 2 is 2.05 bits per heavy atom. The third-order valence-electron chi connectivity index (χ3n) is 5.54. The van der Waals surface area contributed by atoms with Gasteiger partial charge in [0.2, 0.25) is 0 Å². The van der Waals surface area contributed by atoms with Crippen LogP contribution in [0.4, 0.5) is 0 Å². The molecule has 0 radical (unpaired) electrons. The van der Waals surface area contributed by atoms with Gasteiger partial charge < -0.3 is 4.42 Å². The van der Waals surface area contributed by atoms with Crippen molar-refractivity contribution in [2.45, 2.75) is 38.5 Å². The van der Waals surface area contributed by atoms with Crippen LogP contribution in [0.2, 0.25) is 0 Å². The first-order valence-electron chi connectivity index (χ1n) is 8.27. The Hall–Kier alpha value is -1.90. The average Bonchev–Trinajstić information content (AvgIpc) is 3.15. The first-order chi connectivity index (χ1) is 10.7. The molecule has 2 aromatic rings. The van der Waals surface area contributed by atoms with Crippen molar-refractivity contribution in [3.8, 4) is 0 Å². The summed E-state index contributed by atoms with van der Waals surface area (Å²) in [5, 5.41) is 0.534. The van der Waals surface area contributed by atoms with Crippen molar-refractivity contribution in [1.82, 2.24) is 0 Å². The maximum Gasteiger partial charge on any atom is 0.198 e. The Kier molecular flexibility index (Phi) is 3.36. The largest absolute Gasteiger partial charge is 0.453 e. The Morgan fingerprint density at radius 3 is 2.82 bits per heavy atom. The molecule has 2 aliphatic rings. The molecule has 3 atom stereocenters. The smallest absolute Gasteiger partial charge is 0.198 e. The summed E-state index contributed by atoms with van der Waals surface area (Å²) in [7, 11) is 0. The molecule has 1 heterocycles. The van der Waals surface area contributed by atoms with Crippen LogP contribution in [-0.2, 0) is 0 Å². The number of benzene rings is 1. The minimum Gasteiger partial charge on any atom is -0.453 e. The van der Waals surface area contributed by atoms with E-state index in [1.807, 2.05) is 6.07 Å². The van der Waals surface area contributed by atoms with Gasteiger partial charge in [-0.15, -0.1) is 0 Å². The molecule has 3 unspecified atom stereocenters. The summed E-state index contributed by atoms with van der Waals surface area (Å²) >= 11 is 0. The first-order valence-corrected chi connectivity index (χ1v) is 8.27. The quantitative estimate of drug-likeness (QED) is 0.795. The molecule has 2 bridgehead atoms. The molecule has 0 saturated heterocycles. The predicted octanol–water partition coefficient (Wildman–Crippen LogP) is 4.19. The van der Waals surface area contributed by atoms with Crippen LogP contribution in [0.15, 0.2) is 39.5 Å². The van der Waals surface area contributed by atoms with Gasteiger partial charge >= 0.3 is 0 Å². The fraction of sp³-hybridized carbons (Fsp3) is 0.474. The summed E-state index contributed by atoms with van der Waals surface area (Å²) in [6.07, 6.45) is 6.82. The highest BCUT2D eigenvalue weighted by atomic mass is 16.3. The summed E-state index contributed by atoms with van der Waals surface area (Å²) in [4.78, 5) is 24.4. The van der Waals surface area contributed by atoms with Gasteiger partial charge in [0, 0.05) is 12.5 Å². The highest BCUT2D eigenvalue weighted by Gasteiger charge is 2.39. The van der Waals surface area contributed by atoms with E-state index in [9.17, 15) is 9.59 Å². The summed E-state index contributed by atoms with van der Waals surface area (Å²) < 4.78 is 5.63. The van der Waals surface area contributed by atoms with Crippen molar-refractivity contribution >= 4 is 16.8 Å². The third-order valence-corrected chi connectivity index (χ3v) is 5.54. The number of fused-ring (bicyclic) bond motifs is 3. The Bertz CT molecular complexity index is 774. The van der Waals surface area contributed by atoms with Crippen molar-refractivity contribution in [1.29, 1.82) is 0 Å². The molecular weight excluding hydrogens is 276 g/mol. The zero-order chi connectivity index (χ0) is 15.1. The molecule has 1 aromatic carbocycles. The van der Waals surface area contributed by atoms with E-state index in [0.29, 0.717) is 23.3 Å². The van der Waals surface area contributed by atoms with Crippen molar-refractivity contribution in [3.63, 3.8) is 0 Å². The minimum absolute atomic E-state index is 0.0365. The zero-order valence-corrected chi connectivity index (χ0v) is 12.6. The standard InChI is InChI=1S/C19H20O3/c20-16(8-7-14-10-12-5-6-13(14)9-12)19-11-17(21)15-3-1-2-4-18(15)22-19/h1-4,11-14H,5-10H2. The number of ketones is 1. The summed E-state index contributed by atoms with van der Waals surface area (Å²) in [5.41, 5.74) is 0.364. The third kappa shape index (κ3) is 2.39. The lowest BCUT2D eigenvalue weighted by Gasteiger charge is -2.20. The van der Waals surface area contributed by atoms with Crippen LogP contribution in [0.5, 0.6) is 0 Å². The normalized spacial score (nSPS) is 26.6. The number of Topliss-reactive ketones (excluding diaryl/α,β-unsaturated/α-hetero) is 1. The molecule has 0 N–H and O–H groups in total. The highest BCUT2D eigenvalue weighted by Crippen LogP contribution is 2.49. The Labute approximate surface area is 129 Å². The van der Waals surface area contributed by atoms with Gasteiger partial charge in [0.15, 0.2) is 17.0 Å². The van der Waals surface area contributed by atoms with E-state index < -0.39 is 0 Å². The summed E-state index contributed by atoms with van der Waals surface area (Å²) in [5.74, 6) is 2.62. The van der Waals surface area contributed by atoms with Gasteiger partial charge in [-0.1, -0.05) is 18.6 Å². The fourth-order valence-electron chi connectivity index (χ4n) is 4.41. The van der Waals surface area contributed by atoms with E-state index in [2.05, 4.69) is 0 Å². The fourth-order valence-corrected chi connectivity index (χ4v) is 4.41. The lowest BCUT2D eigenvalue weighted by Crippen LogP contribution is -2.13. The number of carbonyl (C=O) groups excluding carboxylic acids is 1. The molecule has 2 fully saturated rings. The minimum atomic E-state index is -0.134. The van der Waals surface area contributed by atoms with E-state index in [1.54, 1.807) is 18.2 Å². The molecule has 1 aromatic heterocycles. The van der Waals surface area contributed by atoms with Crippen LogP contribution in [0.1, 0.15) is 49.1 Å². The maximum absolute atomic E-state index is 12.4. The number of rotatable bonds is 4. The van der Waals surface area contributed by atoms with Gasteiger partial charge in [0.05, 0.1) is 5.39 Å². The zero-order valence-electron chi connectivity index (χ0n) is 12.6. The van der Waals surface area contributed by atoms with Gasteiger partial charge in [-0.05, 0) is 55.6 Å². The number of para-hydroxylation sites is 1. The van der Waals surface area contributed by atoms with Gasteiger partial charge in [-0.25, -0.2) is 0 Å². The van der Waals surface area contributed by atoms with Crippen LogP contribution >= 0.6 is 0 Å². The second-order valence-corrected chi connectivity index (χ2v) is 6.87. The van der Waals surface area contributed by atoms with Crippen molar-refractivity contribution in [2.24, 2.45) is 17.8 Å². The van der Waals surface area contributed by atoms with E-state index in [4.69, 9.17) is 4.42 Å². The highest BCUT2D eigenvalue weighted by molar-refractivity contribution is 5.94. The van der Waals surface area contributed by atoms with E-state index in [1.165, 1.54) is 31.7 Å². The molecule has 2 saturated carbocycles. The number of hydrogen-bond acceptors (Lipinski definition) is 3. The van der Waals surface area contributed by atoms with E-state index in [0.717, 1.165) is 18.3 Å². The molecule has 4 rings (SSSR count). The average molecular weight is 296 g/mol. The second kappa shape index (κ2) is 5.38. The molecule has 22 heavy (non-hydrogen) atoms. The predicted molar refractivity (Wildman–Crippen MR) is 85.0 cm³/mol. The van der Waals surface area contributed by atoms with E-state index >= 15 is 0 Å². The Morgan fingerprint density at radius 1 is 1.18 bits per heavy atom. The monoisotopic (exact) mass is 296 g/mol. The molecule has 3 nitrogen and oxygen atoms in total. The molecule has 114 valence electrons. The lowest BCUT2D eigenvalue weighted by atomic mass is 9.85. The molecular formula is C19H20O3. The van der Waals surface area contributed by atoms with E-state index in [-0.39, 0.29) is 17.0 Å². The number of carbonyl (C=O) groups is 1. The van der Waals surface area contributed by atoms with Crippen LogP contribution in [-0.4, -0.2) is 5.78 Å². The molecule has 2 aliphatic carbocycles. The summed E-state index contributed by atoms with van der Waals surface area (Å²) in [6, 6.07) is 8.43. The van der Waals surface area contributed by atoms with Crippen LogP contribution in [0, 0.1) is 17.8 Å². The summed E-state index contributed by atoms with van der Waals surface area (Å²) in [6.45, 7) is 0. The SMILES string of the molecule is O=C(CCC1CC2CCC1C2)c1cc(=O)c2ccccc2o1. The van der Waals surface area contributed by atoms with Gasteiger partial charge in [0.25, 0.3) is 0 Å². The molecule has 0 spiro atoms. The first kappa shape index (κ1) is 13.7. The Balaban J connectivity index is 1.49. The van der Waals surface area contributed by atoms with Gasteiger partial charge in [-0.2, -0.15) is 0 Å². The van der Waals surface area contributed by atoms with Crippen molar-refractivity contribution in [3.05, 3.63) is 46.3 Å². The van der Waals surface area contributed by atoms with Gasteiger partial charge in [-0.3, -0.25) is 9.59 Å². The molecule has 3 heteroatoms. The van der Waals surface area contributed by atoms with Crippen LogP contribution < -0.4 is 5.43 Å². The van der Waals surface area contributed by atoms with Crippen LogP contribution in [0.3, 0.4) is 0 Å². The molecule has 0 aliphatic heterocycles. The van der Waals surface area contributed by atoms with Gasteiger partial charge in [0.1, 0.15) is 5.58 Å². The van der Waals surface area contributed by atoms with Crippen molar-refractivity contribution in [2.75, 3.05) is 0 Å². The maximum atomic E-state index is 12.4. The number of hydrogen-bond donors (Lipinski definition) is 0. The topological polar surface area (TPSA) is 47.3 Å². The molecule has 0 amide bonds.